The summed E-state index contributed by atoms with van der Waals surface area (Å²) < 4.78 is 38.2. The number of pyridine rings is 1. The lowest BCUT2D eigenvalue weighted by Gasteiger charge is -2.12. The van der Waals surface area contributed by atoms with E-state index in [4.69, 9.17) is 22.6 Å². The van der Waals surface area contributed by atoms with Gasteiger partial charge in [0.1, 0.15) is 11.6 Å². The minimum atomic E-state index is -4.73. The third kappa shape index (κ3) is 1.93. The number of hydrogen-bond acceptors (Lipinski definition) is 3. The van der Waals surface area contributed by atoms with E-state index in [9.17, 15) is 13.2 Å². The van der Waals surface area contributed by atoms with Crippen LogP contribution in [0.1, 0.15) is 11.3 Å². The third-order valence-electron chi connectivity index (χ3n) is 2.37. The van der Waals surface area contributed by atoms with Crippen LogP contribution >= 0.6 is 11.6 Å². The zero-order valence-corrected chi connectivity index (χ0v) is 9.47. The minimum absolute atomic E-state index is 0.0447. The van der Waals surface area contributed by atoms with Gasteiger partial charge in [-0.3, -0.25) is 0 Å². The van der Waals surface area contributed by atoms with Crippen molar-refractivity contribution >= 4 is 28.2 Å². The predicted molar refractivity (Wildman–Crippen MR) is 60.9 cm³/mol. The van der Waals surface area contributed by atoms with Gasteiger partial charge >= 0.3 is 6.18 Å². The van der Waals surface area contributed by atoms with Crippen LogP contribution in [0.2, 0.25) is 5.02 Å². The predicted octanol–water partition coefficient (Wildman–Crippen LogP) is 3.36. The first-order valence-corrected chi connectivity index (χ1v) is 5.08. The second-order valence-corrected chi connectivity index (χ2v) is 3.96. The highest BCUT2D eigenvalue weighted by atomic mass is 35.5. The van der Waals surface area contributed by atoms with Crippen LogP contribution in [0.15, 0.2) is 18.2 Å². The van der Waals surface area contributed by atoms with Gasteiger partial charge in [0.15, 0.2) is 5.69 Å². The maximum absolute atomic E-state index is 12.7. The molecule has 0 bridgehead atoms. The first-order chi connectivity index (χ1) is 8.34. The molecular formula is C11H5ClF3N3. The van der Waals surface area contributed by atoms with E-state index >= 15 is 0 Å². The average molecular weight is 272 g/mol. The Balaban J connectivity index is 2.92. The summed E-state index contributed by atoms with van der Waals surface area (Å²) in [5, 5.41) is 9.32. The smallest absolute Gasteiger partial charge is 0.397 e. The Morgan fingerprint density at radius 3 is 2.56 bits per heavy atom. The zero-order valence-electron chi connectivity index (χ0n) is 8.72. The van der Waals surface area contributed by atoms with E-state index < -0.39 is 17.4 Å². The van der Waals surface area contributed by atoms with Crippen LogP contribution < -0.4 is 5.73 Å². The summed E-state index contributed by atoms with van der Waals surface area (Å²) in [6, 6.07) is 5.54. The molecular weight excluding hydrogens is 267 g/mol. The lowest BCUT2D eigenvalue weighted by molar-refractivity contribution is -0.141. The highest BCUT2D eigenvalue weighted by molar-refractivity contribution is 6.31. The highest BCUT2D eigenvalue weighted by Crippen LogP contribution is 2.36. The van der Waals surface area contributed by atoms with Crippen LogP contribution in [-0.4, -0.2) is 4.98 Å². The summed E-state index contributed by atoms with van der Waals surface area (Å²) in [5.74, 6) is 0. The SMILES string of the molecule is N#Cc1c(C(F)(F)F)nc2ccc(Cl)cc2c1N. The van der Waals surface area contributed by atoms with Crippen molar-refractivity contribution in [3.63, 3.8) is 0 Å². The van der Waals surface area contributed by atoms with Crippen LogP contribution in [-0.2, 0) is 6.18 Å². The van der Waals surface area contributed by atoms with Gasteiger partial charge in [0, 0.05) is 10.4 Å². The van der Waals surface area contributed by atoms with Gasteiger partial charge in [0.25, 0.3) is 0 Å². The van der Waals surface area contributed by atoms with Crippen molar-refractivity contribution in [1.82, 2.24) is 4.98 Å². The van der Waals surface area contributed by atoms with E-state index in [0.29, 0.717) is 5.02 Å². The van der Waals surface area contributed by atoms with E-state index in [1.165, 1.54) is 24.3 Å². The molecule has 2 aromatic rings. The van der Waals surface area contributed by atoms with Crippen molar-refractivity contribution in [1.29, 1.82) is 5.26 Å². The number of fused-ring (bicyclic) bond motifs is 1. The molecule has 1 heterocycles. The first kappa shape index (κ1) is 12.5. The van der Waals surface area contributed by atoms with E-state index in [1.54, 1.807) is 0 Å². The summed E-state index contributed by atoms with van der Waals surface area (Å²) in [4.78, 5) is 3.43. The molecule has 0 spiro atoms. The summed E-state index contributed by atoms with van der Waals surface area (Å²) in [5.41, 5.74) is 3.39. The number of halogens is 4. The number of hydrogen-bond donors (Lipinski definition) is 1. The van der Waals surface area contributed by atoms with E-state index in [2.05, 4.69) is 4.98 Å². The number of nitrogens with zero attached hydrogens (tertiary/aromatic N) is 2. The quantitative estimate of drug-likeness (QED) is 0.799. The second-order valence-electron chi connectivity index (χ2n) is 3.52. The molecule has 0 aliphatic heterocycles. The molecule has 0 radical (unpaired) electrons. The molecule has 2 rings (SSSR count). The van der Waals surface area contributed by atoms with Gasteiger partial charge in [0.05, 0.1) is 11.2 Å². The number of alkyl halides is 3. The molecule has 1 aromatic carbocycles. The molecule has 0 amide bonds. The topological polar surface area (TPSA) is 62.7 Å². The second kappa shape index (κ2) is 4.03. The van der Waals surface area contributed by atoms with E-state index in [0.717, 1.165) is 0 Å². The van der Waals surface area contributed by atoms with Crippen molar-refractivity contribution in [2.75, 3.05) is 5.73 Å². The lowest BCUT2D eigenvalue weighted by Crippen LogP contribution is -2.13. The third-order valence-corrected chi connectivity index (χ3v) is 2.60. The Morgan fingerprint density at radius 2 is 2.00 bits per heavy atom. The van der Waals surface area contributed by atoms with E-state index in [1.807, 2.05) is 0 Å². The molecule has 0 unspecified atom stereocenters. The van der Waals surface area contributed by atoms with Gasteiger partial charge in [-0.1, -0.05) is 11.6 Å². The number of benzene rings is 1. The Morgan fingerprint density at radius 1 is 1.33 bits per heavy atom. The Labute approximate surface area is 105 Å². The summed E-state index contributed by atoms with van der Waals surface area (Å²) in [7, 11) is 0. The Kier molecular flexibility index (Phi) is 2.79. The molecule has 2 N–H and O–H groups in total. The van der Waals surface area contributed by atoms with Crippen molar-refractivity contribution in [2.45, 2.75) is 6.18 Å². The Hall–Kier alpha value is -2.00. The first-order valence-electron chi connectivity index (χ1n) is 4.70. The van der Waals surface area contributed by atoms with Gasteiger partial charge in [-0.05, 0) is 18.2 Å². The fourth-order valence-electron chi connectivity index (χ4n) is 1.58. The van der Waals surface area contributed by atoms with Gasteiger partial charge in [-0.2, -0.15) is 18.4 Å². The number of nitriles is 1. The molecule has 7 heteroatoms. The largest absolute Gasteiger partial charge is 0.434 e. The van der Waals surface area contributed by atoms with Gasteiger partial charge in [-0.25, -0.2) is 4.98 Å². The summed E-state index contributed by atoms with van der Waals surface area (Å²) >= 11 is 5.73. The van der Waals surface area contributed by atoms with Gasteiger partial charge in [-0.15, -0.1) is 0 Å². The monoisotopic (exact) mass is 271 g/mol. The van der Waals surface area contributed by atoms with Crippen molar-refractivity contribution < 1.29 is 13.2 Å². The average Bonchev–Trinajstić information content (AvgIpc) is 2.28. The molecule has 0 fully saturated rings. The maximum Gasteiger partial charge on any atom is 0.434 e. The molecule has 1 aromatic heterocycles. The molecule has 0 aliphatic carbocycles. The molecule has 3 nitrogen and oxygen atoms in total. The normalized spacial score (nSPS) is 11.5. The highest BCUT2D eigenvalue weighted by Gasteiger charge is 2.37. The summed E-state index contributed by atoms with van der Waals surface area (Å²) in [6.07, 6.45) is -4.73. The van der Waals surface area contributed by atoms with Crippen molar-refractivity contribution in [3.8, 4) is 6.07 Å². The lowest BCUT2D eigenvalue weighted by atomic mass is 10.1. The van der Waals surface area contributed by atoms with Crippen LogP contribution in [0.4, 0.5) is 18.9 Å². The fraction of sp³-hybridized carbons (Fsp3) is 0.0909. The summed E-state index contributed by atoms with van der Waals surface area (Å²) in [6.45, 7) is 0. The van der Waals surface area contributed by atoms with Gasteiger partial charge in [0.2, 0.25) is 0 Å². The van der Waals surface area contributed by atoms with Crippen molar-refractivity contribution in [3.05, 3.63) is 34.5 Å². The van der Waals surface area contributed by atoms with E-state index in [-0.39, 0.29) is 16.6 Å². The van der Waals surface area contributed by atoms with Crippen LogP contribution in [0.25, 0.3) is 10.9 Å². The molecule has 0 aliphatic rings. The number of aromatic nitrogens is 1. The number of rotatable bonds is 0. The number of nitrogens with two attached hydrogens (primary N) is 1. The standard InChI is InChI=1S/C11H5ClF3N3/c12-5-1-2-8-6(3-5)9(17)7(4-16)10(18-8)11(13,14)15/h1-3H,(H2,17,18). The zero-order chi connectivity index (χ0) is 13.5. The van der Waals surface area contributed by atoms with Crippen LogP contribution in [0.3, 0.4) is 0 Å². The minimum Gasteiger partial charge on any atom is -0.397 e. The molecule has 0 saturated carbocycles. The number of nitrogen functional groups attached to an aromatic ring is 1. The Bertz CT molecular complexity index is 674. The maximum atomic E-state index is 12.7. The fourth-order valence-corrected chi connectivity index (χ4v) is 1.75. The molecule has 92 valence electrons. The molecule has 0 atom stereocenters. The van der Waals surface area contributed by atoms with Crippen LogP contribution in [0.5, 0.6) is 0 Å². The molecule has 18 heavy (non-hydrogen) atoms. The van der Waals surface area contributed by atoms with Crippen LogP contribution in [0, 0.1) is 11.3 Å². The number of anilines is 1. The molecule has 0 saturated heterocycles. The van der Waals surface area contributed by atoms with Crippen molar-refractivity contribution in [2.24, 2.45) is 0 Å². The van der Waals surface area contributed by atoms with Gasteiger partial charge < -0.3 is 5.73 Å².